The quantitative estimate of drug-likeness (QED) is 0.535. The topological polar surface area (TPSA) is 76.7 Å². The summed E-state index contributed by atoms with van der Waals surface area (Å²) >= 11 is 0. The van der Waals surface area contributed by atoms with Gasteiger partial charge in [0.15, 0.2) is 11.5 Å². The highest BCUT2D eigenvalue weighted by molar-refractivity contribution is 6.00. The first-order valence-electron chi connectivity index (χ1n) is 11.3. The first-order valence-corrected chi connectivity index (χ1v) is 11.3. The van der Waals surface area contributed by atoms with Crippen LogP contribution in [-0.2, 0) is 0 Å². The maximum atomic E-state index is 13.5. The Morgan fingerprint density at radius 3 is 2.27 bits per heavy atom. The summed E-state index contributed by atoms with van der Waals surface area (Å²) in [5.74, 6) is 2.06. The number of carbonyl (C=O) groups is 1. The molecule has 1 atom stereocenters. The van der Waals surface area contributed by atoms with Crippen LogP contribution in [0.2, 0.25) is 0 Å². The molecule has 0 fully saturated rings. The summed E-state index contributed by atoms with van der Waals surface area (Å²) in [6.45, 7) is 11.1. The van der Waals surface area contributed by atoms with Gasteiger partial charge in [-0.3, -0.25) is 9.89 Å². The zero-order valence-corrected chi connectivity index (χ0v) is 20.1. The van der Waals surface area contributed by atoms with E-state index in [4.69, 9.17) is 14.2 Å². The van der Waals surface area contributed by atoms with Gasteiger partial charge in [0.2, 0.25) is 0 Å². The molecule has 0 saturated heterocycles. The number of hydrogen-bond donors (Lipinski definition) is 1. The van der Waals surface area contributed by atoms with Crippen molar-refractivity contribution in [3.63, 3.8) is 0 Å². The Balaban J connectivity index is 1.89. The minimum absolute atomic E-state index is 0.0680. The summed E-state index contributed by atoms with van der Waals surface area (Å²) in [6.07, 6.45) is 0. The van der Waals surface area contributed by atoms with Crippen LogP contribution in [-0.4, -0.2) is 46.9 Å². The normalized spacial score (nSPS) is 15.5. The largest absolute Gasteiger partial charge is 0.497 e. The van der Waals surface area contributed by atoms with Crippen LogP contribution in [0.25, 0.3) is 11.3 Å². The van der Waals surface area contributed by atoms with Crippen molar-refractivity contribution in [1.29, 1.82) is 0 Å². The van der Waals surface area contributed by atoms with Gasteiger partial charge in [-0.25, -0.2) is 0 Å². The van der Waals surface area contributed by atoms with E-state index in [9.17, 15) is 4.79 Å². The summed E-state index contributed by atoms with van der Waals surface area (Å²) in [5, 5.41) is 7.55. The van der Waals surface area contributed by atoms with E-state index in [1.165, 1.54) is 0 Å². The van der Waals surface area contributed by atoms with E-state index in [0.717, 1.165) is 28.1 Å². The van der Waals surface area contributed by atoms with Crippen molar-refractivity contribution in [3.8, 4) is 28.5 Å². The third-order valence-electron chi connectivity index (χ3n) is 5.74. The average Bonchev–Trinajstić information content (AvgIpc) is 3.34. The van der Waals surface area contributed by atoms with Gasteiger partial charge in [0.1, 0.15) is 11.4 Å². The van der Waals surface area contributed by atoms with Crippen LogP contribution >= 0.6 is 0 Å². The lowest BCUT2D eigenvalue weighted by Gasteiger charge is -2.38. The zero-order valence-electron chi connectivity index (χ0n) is 20.1. The number of nitrogens with zero attached hydrogens (tertiary/aromatic N) is 2. The minimum atomic E-state index is -0.414. The second kappa shape index (κ2) is 8.81. The molecule has 3 aromatic rings. The van der Waals surface area contributed by atoms with Crippen molar-refractivity contribution in [1.82, 2.24) is 15.1 Å². The third-order valence-corrected chi connectivity index (χ3v) is 5.74. The first-order chi connectivity index (χ1) is 15.8. The van der Waals surface area contributed by atoms with E-state index in [2.05, 4.69) is 10.2 Å². The Hall–Kier alpha value is -3.48. The molecule has 1 aliphatic heterocycles. The fourth-order valence-electron chi connectivity index (χ4n) is 4.36. The van der Waals surface area contributed by atoms with Crippen molar-refractivity contribution in [2.45, 2.75) is 46.2 Å². The van der Waals surface area contributed by atoms with Crippen LogP contribution in [0.15, 0.2) is 42.5 Å². The first kappa shape index (κ1) is 22.7. The van der Waals surface area contributed by atoms with Crippen LogP contribution in [0.4, 0.5) is 0 Å². The van der Waals surface area contributed by atoms with Crippen molar-refractivity contribution < 1.29 is 19.0 Å². The molecule has 1 unspecified atom stereocenters. The van der Waals surface area contributed by atoms with E-state index < -0.39 is 5.54 Å². The molecule has 0 radical (unpaired) electrons. The fraction of sp³-hybridized carbons (Fsp3) is 0.385. The van der Waals surface area contributed by atoms with Crippen LogP contribution in [0.3, 0.4) is 0 Å². The second-order valence-corrected chi connectivity index (χ2v) is 8.91. The SMILES string of the molecule is CCOc1ccc(C2c3c(-c4ccc(OC)cc4)n[nH]c3C(=O)N2C(C)(C)C)cc1OCC. The molecule has 1 aliphatic rings. The predicted octanol–water partition coefficient (Wildman–Crippen LogP) is 5.23. The average molecular weight is 450 g/mol. The van der Waals surface area contributed by atoms with Crippen molar-refractivity contribution in [2.24, 2.45) is 0 Å². The van der Waals surface area contributed by atoms with Gasteiger partial charge in [-0.05, 0) is 76.6 Å². The van der Waals surface area contributed by atoms with Crippen molar-refractivity contribution in [3.05, 3.63) is 59.3 Å². The highest BCUT2D eigenvalue weighted by Gasteiger charge is 2.46. The Morgan fingerprint density at radius 1 is 1.00 bits per heavy atom. The molecule has 0 bridgehead atoms. The molecule has 1 aromatic heterocycles. The smallest absolute Gasteiger partial charge is 0.273 e. The third kappa shape index (κ3) is 4.03. The Kier molecular flexibility index (Phi) is 6.06. The molecule has 7 heteroatoms. The summed E-state index contributed by atoms with van der Waals surface area (Å²) < 4.78 is 16.9. The summed E-state index contributed by atoms with van der Waals surface area (Å²) in [5.41, 5.74) is 3.59. The Labute approximate surface area is 194 Å². The Morgan fingerprint density at radius 2 is 1.67 bits per heavy atom. The highest BCUT2D eigenvalue weighted by Crippen LogP contribution is 2.47. The van der Waals surface area contributed by atoms with E-state index in [1.54, 1.807) is 7.11 Å². The standard InChI is InChI=1S/C26H31N3O4/c1-7-32-19-14-11-17(15-20(19)33-8-2)24-21-22(16-9-12-18(31-6)13-10-16)27-28-23(21)25(30)29(24)26(3,4)5/h9-15,24H,7-8H2,1-6H3,(H,27,28). The zero-order chi connectivity index (χ0) is 23.8. The molecule has 2 aromatic carbocycles. The molecule has 174 valence electrons. The molecule has 1 amide bonds. The summed E-state index contributed by atoms with van der Waals surface area (Å²) in [6, 6.07) is 13.3. The number of fused-ring (bicyclic) bond motifs is 1. The van der Waals surface area contributed by atoms with Gasteiger partial charge < -0.3 is 19.1 Å². The molecular formula is C26H31N3O4. The molecule has 2 heterocycles. The maximum Gasteiger partial charge on any atom is 0.273 e. The van der Waals surface area contributed by atoms with Gasteiger partial charge in [0.05, 0.1) is 32.1 Å². The number of amides is 1. The lowest BCUT2D eigenvalue weighted by atomic mass is 9.93. The van der Waals surface area contributed by atoms with Gasteiger partial charge in [0.25, 0.3) is 5.91 Å². The lowest BCUT2D eigenvalue weighted by molar-refractivity contribution is 0.0545. The molecule has 4 rings (SSSR count). The number of rotatable bonds is 7. The number of carbonyl (C=O) groups excluding carboxylic acids is 1. The van der Waals surface area contributed by atoms with Crippen LogP contribution in [0, 0.1) is 0 Å². The number of benzene rings is 2. The fourth-order valence-corrected chi connectivity index (χ4v) is 4.36. The number of hydrogen-bond acceptors (Lipinski definition) is 5. The number of aromatic nitrogens is 2. The minimum Gasteiger partial charge on any atom is -0.497 e. The lowest BCUT2D eigenvalue weighted by Crippen LogP contribution is -2.44. The van der Waals surface area contributed by atoms with Crippen LogP contribution in [0.5, 0.6) is 17.2 Å². The molecular weight excluding hydrogens is 418 g/mol. The molecule has 33 heavy (non-hydrogen) atoms. The van der Waals surface area contributed by atoms with Gasteiger partial charge in [-0.15, -0.1) is 0 Å². The molecule has 0 aliphatic carbocycles. The van der Waals surface area contributed by atoms with E-state index >= 15 is 0 Å². The summed E-state index contributed by atoms with van der Waals surface area (Å²) in [4.78, 5) is 15.4. The van der Waals surface area contributed by atoms with E-state index in [-0.39, 0.29) is 11.9 Å². The maximum absolute atomic E-state index is 13.5. The van der Waals surface area contributed by atoms with Crippen molar-refractivity contribution >= 4 is 5.91 Å². The highest BCUT2D eigenvalue weighted by atomic mass is 16.5. The number of H-pyrrole nitrogens is 1. The van der Waals surface area contributed by atoms with Gasteiger partial charge in [-0.2, -0.15) is 5.10 Å². The second-order valence-electron chi connectivity index (χ2n) is 8.91. The van der Waals surface area contributed by atoms with Gasteiger partial charge in [0, 0.05) is 16.7 Å². The number of methoxy groups -OCH3 is 1. The molecule has 7 nitrogen and oxygen atoms in total. The van der Waals surface area contributed by atoms with Crippen molar-refractivity contribution in [2.75, 3.05) is 20.3 Å². The predicted molar refractivity (Wildman–Crippen MR) is 127 cm³/mol. The van der Waals surface area contributed by atoms with Crippen LogP contribution < -0.4 is 14.2 Å². The Bertz CT molecular complexity index is 1150. The number of aromatic amines is 1. The van der Waals surface area contributed by atoms with Crippen LogP contribution in [0.1, 0.15) is 62.3 Å². The van der Waals surface area contributed by atoms with E-state index in [0.29, 0.717) is 30.4 Å². The summed E-state index contributed by atoms with van der Waals surface area (Å²) in [7, 11) is 1.64. The number of nitrogens with one attached hydrogen (secondary N) is 1. The number of ether oxygens (including phenoxy) is 3. The molecule has 1 N–H and O–H groups in total. The molecule has 0 spiro atoms. The molecule has 0 saturated carbocycles. The van der Waals surface area contributed by atoms with Gasteiger partial charge >= 0.3 is 0 Å². The van der Waals surface area contributed by atoms with E-state index in [1.807, 2.05) is 82.0 Å². The monoisotopic (exact) mass is 449 g/mol. The van der Waals surface area contributed by atoms with Gasteiger partial charge in [-0.1, -0.05) is 6.07 Å².